The molecule has 1 atom stereocenters. The van der Waals surface area contributed by atoms with Crippen LogP contribution in [0.1, 0.15) is 27.0 Å². The lowest BCUT2D eigenvalue weighted by Crippen LogP contribution is -2.32. The molecule has 0 bridgehead atoms. The van der Waals surface area contributed by atoms with Crippen molar-refractivity contribution in [3.05, 3.63) is 70.0 Å². The Bertz CT molecular complexity index is 1050. The number of hydrogen-bond donors (Lipinski definition) is 0. The van der Waals surface area contributed by atoms with Crippen LogP contribution in [0, 0.1) is 5.92 Å². The molecule has 0 radical (unpaired) electrons. The molecule has 1 heterocycles. The minimum absolute atomic E-state index is 0.0951. The lowest BCUT2D eigenvalue weighted by atomic mass is 9.94. The van der Waals surface area contributed by atoms with Crippen molar-refractivity contribution in [1.82, 2.24) is 4.90 Å². The van der Waals surface area contributed by atoms with Crippen molar-refractivity contribution in [2.75, 3.05) is 32.1 Å². The molecule has 1 unspecified atom stereocenters. The van der Waals surface area contributed by atoms with E-state index in [4.69, 9.17) is 16.3 Å². The molecule has 31 heavy (non-hydrogen) atoms. The highest BCUT2D eigenvalue weighted by Gasteiger charge is 2.35. The summed E-state index contributed by atoms with van der Waals surface area (Å²) in [6, 6.07) is 6.94. The van der Waals surface area contributed by atoms with Crippen LogP contribution in [0.3, 0.4) is 0 Å². The van der Waals surface area contributed by atoms with Crippen LogP contribution >= 0.6 is 11.6 Å². The van der Waals surface area contributed by atoms with Gasteiger partial charge in [0.05, 0.1) is 18.4 Å². The highest BCUT2D eigenvalue weighted by atomic mass is 35.5. The molecule has 0 spiro atoms. The highest BCUT2D eigenvalue weighted by Crippen LogP contribution is 2.40. The van der Waals surface area contributed by atoms with Crippen LogP contribution < -0.4 is 9.64 Å². The molecule has 1 aliphatic carbocycles. The maximum atomic E-state index is 13.1. The third-order valence-electron chi connectivity index (χ3n) is 5.85. The largest absolute Gasteiger partial charge is 0.495 e. The summed E-state index contributed by atoms with van der Waals surface area (Å²) in [5, 5.41) is 0.234. The number of ketones is 1. The predicted molar refractivity (Wildman–Crippen MR) is 114 cm³/mol. The number of halogens is 4. The number of anilines is 1. The fourth-order valence-corrected chi connectivity index (χ4v) is 4.32. The van der Waals surface area contributed by atoms with Gasteiger partial charge in [-0.3, -0.25) is 4.79 Å². The number of benzene rings is 2. The molecule has 1 aliphatic heterocycles. The first kappa shape index (κ1) is 21.6. The maximum Gasteiger partial charge on any atom is 0.416 e. The van der Waals surface area contributed by atoms with E-state index in [2.05, 4.69) is 9.80 Å². The number of nitrogens with zero attached hydrogens (tertiary/aromatic N) is 2. The number of hydrogen-bond acceptors (Lipinski definition) is 4. The first-order valence-corrected chi connectivity index (χ1v) is 10.3. The van der Waals surface area contributed by atoms with Crippen LogP contribution in [-0.4, -0.2) is 37.9 Å². The van der Waals surface area contributed by atoms with Crippen molar-refractivity contribution in [3.8, 4) is 5.75 Å². The number of fused-ring (bicyclic) bond motifs is 1. The second kappa shape index (κ2) is 8.11. The van der Waals surface area contributed by atoms with Gasteiger partial charge < -0.3 is 14.5 Å². The second-order valence-electron chi connectivity index (χ2n) is 7.93. The molecule has 4 rings (SSSR count). The number of alkyl halides is 3. The van der Waals surface area contributed by atoms with Crippen LogP contribution in [0.25, 0.3) is 0 Å². The molecule has 0 aromatic heterocycles. The van der Waals surface area contributed by atoms with E-state index in [1.807, 2.05) is 25.5 Å². The van der Waals surface area contributed by atoms with Crippen molar-refractivity contribution < 1.29 is 22.7 Å². The molecule has 164 valence electrons. The van der Waals surface area contributed by atoms with Crippen molar-refractivity contribution in [3.63, 3.8) is 0 Å². The Morgan fingerprint density at radius 2 is 1.94 bits per heavy atom. The van der Waals surface area contributed by atoms with Crippen LogP contribution in [0.5, 0.6) is 5.75 Å². The van der Waals surface area contributed by atoms with Gasteiger partial charge in [-0.25, -0.2) is 0 Å². The lowest BCUT2D eigenvalue weighted by molar-refractivity contribution is -0.137. The van der Waals surface area contributed by atoms with Crippen LogP contribution in [0.2, 0.25) is 5.02 Å². The molecule has 8 heteroatoms. The Balaban J connectivity index is 1.62. The Morgan fingerprint density at radius 3 is 2.58 bits per heavy atom. The van der Waals surface area contributed by atoms with Crippen LogP contribution in [0.4, 0.5) is 18.9 Å². The molecular formula is C23H22ClF3N2O2. The molecule has 0 N–H and O–H groups in total. The minimum atomic E-state index is -4.46. The smallest absolute Gasteiger partial charge is 0.416 e. The Labute approximate surface area is 183 Å². The second-order valence-corrected chi connectivity index (χ2v) is 8.33. The number of carbonyl (C=O) groups excluding carboxylic acids is 1. The van der Waals surface area contributed by atoms with Gasteiger partial charge in [-0.1, -0.05) is 11.6 Å². The number of Topliss-reactive ketones (excluding diaryl/α,β-unsaturated/α-hetero) is 1. The Kier molecular flexibility index (Phi) is 5.64. The van der Waals surface area contributed by atoms with E-state index < -0.39 is 17.7 Å². The van der Waals surface area contributed by atoms with Gasteiger partial charge in [-0.2, -0.15) is 13.2 Å². The van der Waals surface area contributed by atoms with Crippen molar-refractivity contribution in [2.45, 2.75) is 19.0 Å². The molecule has 4 nitrogen and oxygen atoms in total. The van der Waals surface area contributed by atoms with Crippen molar-refractivity contribution in [2.24, 2.45) is 5.92 Å². The Hall–Kier alpha value is -2.67. The maximum absolute atomic E-state index is 13.1. The quantitative estimate of drug-likeness (QED) is 0.642. The van der Waals surface area contributed by atoms with Crippen LogP contribution in [0.15, 0.2) is 42.7 Å². The van der Waals surface area contributed by atoms with Gasteiger partial charge in [0, 0.05) is 49.0 Å². The Morgan fingerprint density at radius 1 is 1.16 bits per heavy atom. The minimum Gasteiger partial charge on any atom is -0.495 e. The molecule has 0 amide bonds. The monoisotopic (exact) mass is 450 g/mol. The third kappa shape index (κ3) is 4.24. The average molecular weight is 451 g/mol. The summed E-state index contributed by atoms with van der Waals surface area (Å²) in [6.45, 7) is 1.63. The van der Waals surface area contributed by atoms with Gasteiger partial charge in [0.1, 0.15) is 5.75 Å². The van der Waals surface area contributed by atoms with Crippen LogP contribution in [-0.2, 0) is 19.0 Å². The molecule has 2 aromatic carbocycles. The van der Waals surface area contributed by atoms with Gasteiger partial charge in [0.2, 0.25) is 0 Å². The molecular weight excluding hydrogens is 429 g/mol. The summed E-state index contributed by atoms with van der Waals surface area (Å²) >= 11 is 6.15. The molecule has 0 saturated carbocycles. The molecule has 2 aromatic rings. The standard InChI is InChI=1S/C23H22ClF3N2O2/c1-28-5-7-29(8-6-28)20-12-14-9-16(22(30)18(14)13-21(20)31-2)10-15-11-17(23(25,26)27)3-4-19(15)24/h3-5,7,11-13,16H,6,8-10H2,1-2H3. The van der Waals surface area contributed by atoms with Crippen molar-refractivity contribution >= 4 is 23.1 Å². The average Bonchev–Trinajstić information content (AvgIpc) is 3.03. The third-order valence-corrected chi connectivity index (χ3v) is 6.22. The van der Waals surface area contributed by atoms with Gasteiger partial charge in [-0.05, 0) is 54.3 Å². The lowest BCUT2D eigenvalue weighted by Gasteiger charge is -2.30. The van der Waals surface area contributed by atoms with E-state index in [-0.39, 0.29) is 17.2 Å². The highest BCUT2D eigenvalue weighted by molar-refractivity contribution is 6.31. The van der Waals surface area contributed by atoms with E-state index in [1.54, 1.807) is 13.2 Å². The summed E-state index contributed by atoms with van der Waals surface area (Å²) in [7, 11) is 3.56. The summed E-state index contributed by atoms with van der Waals surface area (Å²) in [6.07, 6.45) is 0.0853. The fourth-order valence-electron chi connectivity index (χ4n) is 4.12. The van der Waals surface area contributed by atoms with Gasteiger partial charge in [0.25, 0.3) is 0 Å². The fraction of sp³-hybridized carbons (Fsp3) is 0.348. The summed E-state index contributed by atoms with van der Waals surface area (Å²) < 4.78 is 44.8. The molecule has 2 aliphatic rings. The molecule has 0 fully saturated rings. The first-order valence-electron chi connectivity index (χ1n) is 9.93. The summed E-state index contributed by atoms with van der Waals surface area (Å²) in [5.74, 6) is 0.0419. The summed E-state index contributed by atoms with van der Waals surface area (Å²) in [5.41, 5.74) is 1.88. The van der Waals surface area contributed by atoms with Crippen molar-refractivity contribution in [1.29, 1.82) is 0 Å². The number of carbonyl (C=O) groups is 1. The number of likely N-dealkylation sites (N-methyl/N-ethyl adjacent to an activating group) is 1. The predicted octanol–water partition coefficient (Wildman–Crippen LogP) is 5.19. The van der Waals surface area contributed by atoms with Gasteiger partial charge >= 0.3 is 6.18 Å². The van der Waals surface area contributed by atoms with E-state index in [0.717, 1.165) is 36.5 Å². The number of methoxy groups -OCH3 is 1. The zero-order valence-corrected chi connectivity index (χ0v) is 17.9. The number of rotatable bonds is 4. The zero-order chi connectivity index (χ0) is 22.3. The van der Waals surface area contributed by atoms with E-state index in [1.165, 1.54) is 6.07 Å². The summed E-state index contributed by atoms with van der Waals surface area (Å²) in [4.78, 5) is 17.2. The first-order chi connectivity index (χ1) is 14.7. The molecule has 0 saturated heterocycles. The number of ether oxygens (including phenoxy) is 1. The van der Waals surface area contributed by atoms with Gasteiger partial charge in [0.15, 0.2) is 5.78 Å². The van der Waals surface area contributed by atoms with E-state index in [0.29, 0.717) is 23.3 Å². The SMILES string of the molecule is COc1cc2c(cc1N1C=CN(C)CC1)CC(Cc1cc(C(F)(F)F)ccc1Cl)C2=O. The van der Waals surface area contributed by atoms with E-state index >= 15 is 0 Å². The van der Waals surface area contributed by atoms with Gasteiger partial charge in [-0.15, -0.1) is 0 Å². The van der Waals surface area contributed by atoms with E-state index in [9.17, 15) is 18.0 Å². The zero-order valence-electron chi connectivity index (χ0n) is 17.2. The topological polar surface area (TPSA) is 32.8 Å². The normalized spacial score (nSPS) is 18.5.